The highest BCUT2D eigenvalue weighted by Crippen LogP contribution is 2.20. The molecule has 7 nitrogen and oxygen atoms in total. The Bertz CT molecular complexity index is 454. The lowest BCUT2D eigenvalue weighted by molar-refractivity contribution is -0.121. The second kappa shape index (κ2) is 17.1. The molecular weight excluding hydrogens is 481 g/mol. The Balaban J connectivity index is 0.00000784. The Morgan fingerprint density at radius 3 is 2.28 bits per heavy atom. The molecule has 1 rings (SSSR count). The van der Waals surface area contributed by atoms with Gasteiger partial charge in [-0.15, -0.1) is 24.0 Å². The first-order valence-corrected chi connectivity index (χ1v) is 11.2. The molecule has 8 heteroatoms. The van der Waals surface area contributed by atoms with Gasteiger partial charge in [0.2, 0.25) is 5.91 Å². The second-order valence-corrected chi connectivity index (χ2v) is 7.57. The molecule has 1 heterocycles. The largest absolute Gasteiger partial charge is 0.379 e. The molecule has 1 fully saturated rings. The summed E-state index contributed by atoms with van der Waals surface area (Å²) in [6.07, 6.45) is 3.72. The van der Waals surface area contributed by atoms with Crippen molar-refractivity contribution in [3.05, 3.63) is 0 Å². The summed E-state index contributed by atoms with van der Waals surface area (Å²) in [5.74, 6) is 1.51. The number of carbonyl (C=O) groups excluding carboxylic acids is 1. The zero-order valence-electron chi connectivity index (χ0n) is 19.1. The molecule has 3 N–H and O–H groups in total. The lowest BCUT2D eigenvalue weighted by Gasteiger charge is -2.38. The number of ether oxygens (including phenoxy) is 1. The number of nitrogens with zero attached hydrogens (tertiary/aromatic N) is 2. The van der Waals surface area contributed by atoms with Gasteiger partial charge in [-0.1, -0.05) is 33.6 Å². The summed E-state index contributed by atoms with van der Waals surface area (Å²) in [7, 11) is 0. The maximum absolute atomic E-state index is 12.0. The van der Waals surface area contributed by atoms with Crippen LogP contribution in [-0.4, -0.2) is 74.8 Å². The van der Waals surface area contributed by atoms with Crippen molar-refractivity contribution in [3.8, 4) is 0 Å². The summed E-state index contributed by atoms with van der Waals surface area (Å²) in [5.41, 5.74) is 0. The molecule has 1 amide bonds. The third-order valence-electron chi connectivity index (χ3n) is 5.55. The molecule has 2 unspecified atom stereocenters. The number of amides is 1. The Morgan fingerprint density at radius 2 is 1.72 bits per heavy atom. The van der Waals surface area contributed by atoms with E-state index in [4.69, 9.17) is 9.73 Å². The molecular formula is C21H44IN5O2. The normalized spacial score (nSPS) is 17.4. The number of nitrogens with one attached hydrogen (secondary N) is 3. The molecule has 1 aliphatic heterocycles. The molecule has 29 heavy (non-hydrogen) atoms. The van der Waals surface area contributed by atoms with Gasteiger partial charge in [0.05, 0.1) is 19.8 Å². The summed E-state index contributed by atoms with van der Waals surface area (Å²) >= 11 is 0. The zero-order chi connectivity index (χ0) is 20.8. The van der Waals surface area contributed by atoms with Crippen LogP contribution in [0.2, 0.25) is 0 Å². The van der Waals surface area contributed by atoms with Crippen LogP contribution < -0.4 is 16.0 Å². The van der Waals surface area contributed by atoms with E-state index in [1.807, 2.05) is 6.92 Å². The quantitative estimate of drug-likeness (QED) is 0.208. The summed E-state index contributed by atoms with van der Waals surface area (Å²) in [6, 6.07) is 0.659. The molecule has 0 aliphatic carbocycles. The van der Waals surface area contributed by atoms with Crippen LogP contribution in [0.15, 0.2) is 4.99 Å². The van der Waals surface area contributed by atoms with Gasteiger partial charge in [-0.2, -0.15) is 0 Å². The minimum absolute atomic E-state index is 0. The first-order valence-electron chi connectivity index (χ1n) is 11.2. The zero-order valence-corrected chi connectivity index (χ0v) is 21.5. The van der Waals surface area contributed by atoms with E-state index in [0.717, 1.165) is 64.6 Å². The van der Waals surface area contributed by atoms with Crippen molar-refractivity contribution in [1.29, 1.82) is 0 Å². The maximum atomic E-state index is 12.0. The number of hydrogen-bond donors (Lipinski definition) is 3. The first-order chi connectivity index (χ1) is 13.5. The van der Waals surface area contributed by atoms with Crippen LogP contribution >= 0.6 is 24.0 Å². The monoisotopic (exact) mass is 525 g/mol. The Labute approximate surface area is 195 Å². The lowest BCUT2D eigenvalue weighted by atomic mass is 9.92. The summed E-state index contributed by atoms with van der Waals surface area (Å²) < 4.78 is 5.53. The van der Waals surface area contributed by atoms with Crippen LogP contribution in [0.3, 0.4) is 0 Å². The molecule has 0 aromatic heterocycles. The van der Waals surface area contributed by atoms with Crippen molar-refractivity contribution in [2.75, 3.05) is 45.9 Å². The van der Waals surface area contributed by atoms with E-state index >= 15 is 0 Å². The Morgan fingerprint density at radius 1 is 1.07 bits per heavy atom. The van der Waals surface area contributed by atoms with E-state index in [1.165, 1.54) is 0 Å². The second-order valence-electron chi connectivity index (χ2n) is 7.57. The van der Waals surface area contributed by atoms with Gasteiger partial charge < -0.3 is 20.7 Å². The fraction of sp³-hybridized carbons (Fsp3) is 0.905. The van der Waals surface area contributed by atoms with Gasteiger partial charge in [-0.25, -0.2) is 0 Å². The fourth-order valence-electron chi connectivity index (χ4n) is 3.57. The van der Waals surface area contributed by atoms with Crippen LogP contribution in [0.1, 0.15) is 60.3 Å². The molecule has 1 saturated heterocycles. The third kappa shape index (κ3) is 11.4. The minimum atomic E-state index is 0. The van der Waals surface area contributed by atoms with Crippen molar-refractivity contribution in [1.82, 2.24) is 20.9 Å². The molecule has 0 aromatic rings. The average Bonchev–Trinajstić information content (AvgIpc) is 2.71. The predicted molar refractivity (Wildman–Crippen MR) is 132 cm³/mol. The van der Waals surface area contributed by atoms with Crippen molar-refractivity contribution in [2.24, 2.45) is 10.9 Å². The molecule has 0 bridgehead atoms. The summed E-state index contributed by atoms with van der Waals surface area (Å²) in [6.45, 7) is 16.4. The van der Waals surface area contributed by atoms with Crippen molar-refractivity contribution in [2.45, 2.75) is 72.4 Å². The number of hydrogen-bond acceptors (Lipinski definition) is 4. The van der Waals surface area contributed by atoms with E-state index in [-0.39, 0.29) is 35.9 Å². The number of rotatable bonds is 12. The standard InChI is InChI=1S/C21H43N5O2.HI/c1-6-17(5)25-20(27)10-11-23-21(22-9-4)24-16-19(18(7-2)8-3)26-12-14-28-15-13-26;/h17-19H,6-16H2,1-5H3,(H,25,27)(H2,22,23,24);1H. The van der Waals surface area contributed by atoms with E-state index in [0.29, 0.717) is 24.9 Å². The van der Waals surface area contributed by atoms with E-state index in [2.05, 4.69) is 48.5 Å². The van der Waals surface area contributed by atoms with Crippen LogP contribution in [0.25, 0.3) is 0 Å². The van der Waals surface area contributed by atoms with Gasteiger partial charge in [-0.05, 0) is 26.2 Å². The molecule has 2 atom stereocenters. The van der Waals surface area contributed by atoms with Gasteiger partial charge in [0.15, 0.2) is 5.96 Å². The van der Waals surface area contributed by atoms with Gasteiger partial charge in [0, 0.05) is 44.7 Å². The fourth-order valence-corrected chi connectivity index (χ4v) is 3.57. The van der Waals surface area contributed by atoms with E-state index < -0.39 is 0 Å². The molecule has 0 spiro atoms. The molecule has 0 radical (unpaired) electrons. The van der Waals surface area contributed by atoms with E-state index in [9.17, 15) is 4.79 Å². The van der Waals surface area contributed by atoms with Crippen LogP contribution in [-0.2, 0) is 9.53 Å². The number of aliphatic imine (C=N–C) groups is 1. The highest BCUT2D eigenvalue weighted by atomic mass is 127. The van der Waals surface area contributed by atoms with Crippen molar-refractivity contribution >= 4 is 35.8 Å². The van der Waals surface area contributed by atoms with Gasteiger partial charge >= 0.3 is 0 Å². The summed E-state index contributed by atoms with van der Waals surface area (Å²) in [4.78, 5) is 19.4. The number of guanidine groups is 1. The average molecular weight is 526 g/mol. The Kier molecular flexibility index (Phi) is 16.7. The maximum Gasteiger partial charge on any atom is 0.221 e. The van der Waals surface area contributed by atoms with Gasteiger partial charge in [-0.3, -0.25) is 14.7 Å². The third-order valence-corrected chi connectivity index (χ3v) is 5.55. The first kappa shape index (κ1) is 28.4. The highest BCUT2D eigenvalue weighted by Gasteiger charge is 2.26. The molecule has 0 aromatic carbocycles. The lowest BCUT2D eigenvalue weighted by Crippen LogP contribution is -2.49. The predicted octanol–water partition coefficient (Wildman–Crippen LogP) is 2.60. The van der Waals surface area contributed by atoms with Crippen LogP contribution in [0.5, 0.6) is 0 Å². The topological polar surface area (TPSA) is 78.0 Å². The van der Waals surface area contributed by atoms with Crippen molar-refractivity contribution in [3.63, 3.8) is 0 Å². The summed E-state index contributed by atoms with van der Waals surface area (Å²) in [5, 5.41) is 9.62. The molecule has 1 aliphatic rings. The van der Waals surface area contributed by atoms with Crippen LogP contribution in [0.4, 0.5) is 0 Å². The number of carbonyl (C=O) groups is 1. The molecule has 0 saturated carbocycles. The van der Waals surface area contributed by atoms with Crippen molar-refractivity contribution < 1.29 is 9.53 Å². The molecule has 172 valence electrons. The van der Waals surface area contributed by atoms with Gasteiger partial charge in [0.25, 0.3) is 0 Å². The Hall–Kier alpha value is -0.610. The number of halogens is 1. The minimum Gasteiger partial charge on any atom is -0.379 e. The van der Waals surface area contributed by atoms with Gasteiger partial charge in [0.1, 0.15) is 0 Å². The highest BCUT2D eigenvalue weighted by molar-refractivity contribution is 14.0. The smallest absolute Gasteiger partial charge is 0.221 e. The SMILES string of the molecule is CCNC(=NCC(C(CC)CC)N1CCOCC1)NCCC(=O)NC(C)CC.I. The number of morpholine rings is 1. The van der Waals surface area contributed by atoms with Crippen LogP contribution in [0, 0.1) is 5.92 Å². The van der Waals surface area contributed by atoms with E-state index in [1.54, 1.807) is 0 Å².